The first kappa shape index (κ1) is 10.1. The van der Waals surface area contributed by atoms with E-state index in [1.165, 1.54) is 0 Å². The summed E-state index contributed by atoms with van der Waals surface area (Å²) in [6.07, 6.45) is -0.385. The number of aliphatic hydroxyl groups is 1. The van der Waals surface area contributed by atoms with Crippen LogP contribution in [-0.4, -0.2) is 29.8 Å². The SMILES string of the molecule is C=C(C)N=NN(C)CC(C)O. The van der Waals surface area contributed by atoms with Crippen molar-refractivity contribution in [1.82, 2.24) is 5.01 Å². The van der Waals surface area contributed by atoms with Crippen molar-refractivity contribution in [2.45, 2.75) is 20.0 Å². The molecule has 0 aliphatic heterocycles. The smallest absolute Gasteiger partial charge is 0.0704 e. The van der Waals surface area contributed by atoms with E-state index >= 15 is 0 Å². The second-order valence-electron chi connectivity index (χ2n) is 2.61. The highest BCUT2D eigenvalue weighted by Gasteiger charge is 1.98. The Labute approximate surface area is 67.2 Å². The number of likely N-dealkylation sites (N-methyl/N-ethyl adjacent to an activating group) is 1. The van der Waals surface area contributed by atoms with Crippen LogP contribution in [0.4, 0.5) is 0 Å². The largest absolute Gasteiger partial charge is 0.392 e. The van der Waals surface area contributed by atoms with Gasteiger partial charge in [-0.3, -0.25) is 5.01 Å². The molecule has 1 unspecified atom stereocenters. The molecule has 4 heteroatoms. The second-order valence-corrected chi connectivity index (χ2v) is 2.61. The molecule has 0 amide bonds. The summed E-state index contributed by atoms with van der Waals surface area (Å²) in [5, 5.41) is 18.0. The standard InChI is InChI=1S/C7H15N3O/c1-6(2)8-9-10(4)5-7(3)11/h7,11H,1,5H2,2-4H3. The number of hydrogen-bond acceptors (Lipinski definition) is 3. The summed E-state index contributed by atoms with van der Waals surface area (Å²) in [6.45, 7) is 7.50. The molecule has 4 nitrogen and oxygen atoms in total. The van der Waals surface area contributed by atoms with Crippen molar-refractivity contribution < 1.29 is 5.11 Å². The fourth-order valence-corrected chi connectivity index (χ4v) is 0.572. The number of rotatable bonds is 4. The Bertz CT molecular complexity index is 154. The third kappa shape index (κ3) is 6.99. The Balaban J connectivity index is 3.68. The van der Waals surface area contributed by atoms with E-state index in [1.54, 1.807) is 25.9 Å². The molecule has 1 atom stereocenters. The van der Waals surface area contributed by atoms with E-state index in [0.717, 1.165) is 0 Å². The summed E-state index contributed by atoms with van der Waals surface area (Å²) >= 11 is 0. The zero-order chi connectivity index (χ0) is 8.85. The maximum absolute atomic E-state index is 8.92. The molecule has 0 aromatic carbocycles. The number of aliphatic hydroxyl groups excluding tert-OH is 1. The Morgan fingerprint density at radius 2 is 2.27 bits per heavy atom. The van der Waals surface area contributed by atoms with E-state index in [-0.39, 0.29) is 6.10 Å². The fraction of sp³-hybridized carbons (Fsp3) is 0.714. The highest BCUT2D eigenvalue weighted by atomic mass is 16.3. The van der Waals surface area contributed by atoms with Gasteiger partial charge in [0, 0.05) is 7.05 Å². The van der Waals surface area contributed by atoms with Crippen LogP contribution >= 0.6 is 0 Å². The second kappa shape index (κ2) is 4.85. The highest BCUT2D eigenvalue weighted by molar-refractivity contribution is 4.81. The summed E-state index contributed by atoms with van der Waals surface area (Å²) in [5.74, 6) is 0. The van der Waals surface area contributed by atoms with Crippen LogP contribution in [0.1, 0.15) is 13.8 Å². The first-order chi connectivity index (χ1) is 5.02. The molecule has 0 saturated heterocycles. The monoisotopic (exact) mass is 157 g/mol. The van der Waals surface area contributed by atoms with Crippen LogP contribution in [-0.2, 0) is 0 Å². The Kier molecular flexibility index (Phi) is 4.45. The third-order valence-electron chi connectivity index (χ3n) is 0.897. The quantitative estimate of drug-likeness (QED) is 0.492. The molecule has 0 bridgehead atoms. The first-order valence-corrected chi connectivity index (χ1v) is 3.48. The molecule has 64 valence electrons. The molecule has 0 rings (SSSR count). The molecule has 0 aromatic heterocycles. The van der Waals surface area contributed by atoms with Crippen LogP contribution < -0.4 is 0 Å². The van der Waals surface area contributed by atoms with Gasteiger partial charge in [-0.15, -0.1) is 5.11 Å². The zero-order valence-corrected chi connectivity index (χ0v) is 7.28. The van der Waals surface area contributed by atoms with Crippen LogP contribution in [0.5, 0.6) is 0 Å². The van der Waals surface area contributed by atoms with E-state index in [9.17, 15) is 0 Å². The van der Waals surface area contributed by atoms with Gasteiger partial charge >= 0.3 is 0 Å². The number of allylic oxidation sites excluding steroid dienone is 1. The highest BCUT2D eigenvalue weighted by Crippen LogP contribution is 1.94. The van der Waals surface area contributed by atoms with E-state index in [2.05, 4.69) is 16.9 Å². The average Bonchev–Trinajstić information content (AvgIpc) is 1.82. The number of nitrogens with zero attached hydrogens (tertiary/aromatic N) is 3. The molecule has 0 spiro atoms. The first-order valence-electron chi connectivity index (χ1n) is 3.48. The van der Waals surface area contributed by atoms with Gasteiger partial charge in [-0.05, 0) is 13.8 Å². The minimum Gasteiger partial charge on any atom is -0.392 e. The number of hydrogen-bond donors (Lipinski definition) is 1. The van der Waals surface area contributed by atoms with Crippen LogP contribution in [0.2, 0.25) is 0 Å². The topological polar surface area (TPSA) is 48.2 Å². The maximum Gasteiger partial charge on any atom is 0.0704 e. The van der Waals surface area contributed by atoms with Gasteiger partial charge in [0.2, 0.25) is 0 Å². The molecular formula is C7H15N3O. The van der Waals surface area contributed by atoms with Gasteiger partial charge < -0.3 is 5.11 Å². The van der Waals surface area contributed by atoms with Gasteiger partial charge in [-0.2, -0.15) is 0 Å². The summed E-state index contributed by atoms with van der Waals surface area (Å²) in [7, 11) is 1.75. The molecule has 1 N–H and O–H groups in total. The van der Waals surface area contributed by atoms with Gasteiger partial charge in [0.25, 0.3) is 0 Å². The summed E-state index contributed by atoms with van der Waals surface area (Å²) < 4.78 is 0. The van der Waals surface area contributed by atoms with Crippen LogP contribution in [0.25, 0.3) is 0 Å². The maximum atomic E-state index is 8.92. The van der Waals surface area contributed by atoms with Crippen molar-refractivity contribution in [1.29, 1.82) is 0 Å². The van der Waals surface area contributed by atoms with E-state index in [4.69, 9.17) is 5.11 Å². The minimum absolute atomic E-state index is 0.385. The van der Waals surface area contributed by atoms with Crippen LogP contribution in [0.15, 0.2) is 22.6 Å². The molecule has 0 aromatic rings. The van der Waals surface area contributed by atoms with E-state index in [0.29, 0.717) is 12.2 Å². The lowest BCUT2D eigenvalue weighted by molar-refractivity contribution is 0.139. The van der Waals surface area contributed by atoms with Gasteiger partial charge in [0.15, 0.2) is 0 Å². The molecular weight excluding hydrogens is 142 g/mol. The summed E-state index contributed by atoms with van der Waals surface area (Å²) in [4.78, 5) is 0. The summed E-state index contributed by atoms with van der Waals surface area (Å²) in [6, 6.07) is 0. The van der Waals surface area contributed by atoms with Gasteiger partial charge in [-0.25, -0.2) is 0 Å². The lowest BCUT2D eigenvalue weighted by Crippen LogP contribution is -2.21. The average molecular weight is 157 g/mol. The van der Waals surface area contributed by atoms with Crippen molar-refractivity contribution >= 4 is 0 Å². The van der Waals surface area contributed by atoms with Crippen molar-refractivity contribution in [2.75, 3.05) is 13.6 Å². The van der Waals surface area contributed by atoms with Gasteiger partial charge in [-0.1, -0.05) is 11.8 Å². The Morgan fingerprint density at radius 1 is 1.73 bits per heavy atom. The molecule has 11 heavy (non-hydrogen) atoms. The van der Waals surface area contributed by atoms with Crippen LogP contribution in [0.3, 0.4) is 0 Å². The van der Waals surface area contributed by atoms with Crippen LogP contribution in [0, 0.1) is 0 Å². The minimum atomic E-state index is -0.385. The van der Waals surface area contributed by atoms with Gasteiger partial charge in [0.05, 0.1) is 18.3 Å². The Morgan fingerprint density at radius 3 is 2.64 bits per heavy atom. The normalized spacial score (nSPS) is 13.5. The Hall–Kier alpha value is -0.900. The fourth-order valence-electron chi connectivity index (χ4n) is 0.572. The molecule has 0 aliphatic rings. The summed E-state index contributed by atoms with van der Waals surface area (Å²) in [5.41, 5.74) is 0.655. The molecule has 0 radical (unpaired) electrons. The van der Waals surface area contributed by atoms with Crippen molar-refractivity contribution in [2.24, 2.45) is 10.3 Å². The lowest BCUT2D eigenvalue weighted by atomic mass is 10.4. The lowest BCUT2D eigenvalue weighted by Gasteiger charge is -2.12. The molecule has 0 fully saturated rings. The molecule has 0 aliphatic carbocycles. The van der Waals surface area contributed by atoms with Crippen molar-refractivity contribution in [3.8, 4) is 0 Å². The zero-order valence-electron chi connectivity index (χ0n) is 7.28. The van der Waals surface area contributed by atoms with Crippen molar-refractivity contribution in [3.05, 3.63) is 12.3 Å². The van der Waals surface area contributed by atoms with E-state index < -0.39 is 0 Å². The van der Waals surface area contributed by atoms with Gasteiger partial charge in [0.1, 0.15) is 0 Å². The predicted octanol–water partition coefficient (Wildman–Crippen LogP) is 1.20. The molecule has 0 heterocycles. The van der Waals surface area contributed by atoms with E-state index in [1.807, 2.05) is 0 Å². The third-order valence-corrected chi connectivity index (χ3v) is 0.897. The van der Waals surface area contributed by atoms with Crippen molar-refractivity contribution in [3.63, 3.8) is 0 Å². The predicted molar refractivity (Wildman–Crippen MR) is 44.0 cm³/mol. The molecule has 0 saturated carbocycles.